The van der Waals surface area contributed by atoms with Crippen LogP contribution in [-0.2, 0) is 10.2 Å². The Morgan fingerprint density at radius 3 is 2.60 bits per heavy atom. The molecule has 0 saturated heterocycles. The summed E-state index contributed by atoms with van der Waals surface area (Å²) in [4.78, 5) is 12.7. The summed E-state index contributed by atoms with van der Waals surface area (Å²) in [6.45, 7) is 8.13. The number of nitrogens with two attached hydrogens (primary N) is 1. The Balaban J connectivity index is 2.71. The Hall–Kier alpha value is -1.58. The van der Waals surface area contributed by atoms with E-state index in [0.29, 0.717) is 18.7 Å². The molecule has 5 nitrogen and oxygen atoms in total. The van der Waals surface area contributed by atoms with Gasteiger partial charge in [0.1, 0.15) is 11.7 Å². The maximum Gasteiger partial charge on any atom is 0.407 e. The molecule has 1 rings (SSSR count). The number of nitrogens with zero attached hydrogens (tertiary/aromatic N) is 1. The summed E-state index contributed by atoms with van der Waals surface area (Å²) in [5.74, 6) is 0. The fourth-order valence-electron chi connectivity index (χ4n) is 1.55. The third kappa shape index (κ3) is 4.51. The number of rotatable bonds is 4. The zero-order valence-electron chi connectivity index (χ0n) is 12.3. The van der Waals surface area contributed by atoms with Gasteiger partial charge < -0.3 is 15.8 Å². The van der Waals surface area contributed by atoms with Gasteiger partial charge in [-0.15, -0.1) is 11.3 Å². The average Bonchev–Trinajstić information content (AvgIpc) is 2.83. The molecule has 6 heteroatoms. The van der Waals surface area contributed by atoms with Gasteiger partial charge in [0.15, 0.2) is 0 Å². The van der Waals surface area contributed by atoms with Gasteiger partial charge >= 0.3 is 6.09 Å². The van der Waals surface area contributed by atoms with Crippen LogP contribution in [0.2, 0.25) is 0 Å². The van der Waals surface area contributed by atoms with Crippen LogP contribution in [0.5, 0.6) is 0 Å². The second-order valence-electron chi connectivity index (χ2n) is 5.93. The van der Waals surface area contributed by atoms with Gasteiger partial charge in [0.05, 0.1) is 5.56 Å². The molecule has 20 heavy (non-hydrogen) atoms. The van der Waals surface area contributed by atoms with E-state index in [4.69, 9.17) is 15.7 Å². The molecule has 0 aliphatic rings. The first-order chi connectivity index (χ1) is 9.20. The van der Waals surface area contributed by atoms with Crippen molar-refractivity contribution in [1.82, 2.24) is 5.32 Å². The first-order valence-electron chi connectivity index (χ1n) is 6.36. The first-order valence-corrected chi connectivity index (χ1v) is 7.24. The van der Waals surface area contributed by atoms with E-state index in [1.54, 1.807) is 5.38 Å². The molecular weight excluding hydrogens is 274 g/mol. The lowest BCUT2D eigenvalue weighted by atomic mass is 9.88. The predicted octanol–water partition coefficient (Wildman–Crippen LogP) is 2.36. The second-order valence-corrected chi connectivity index (χ2v) is 6.84. The third-order valence-electron chi connectivity index (χ3n) is 2.80. The van der Waals surface area contributed by atoms with Crippen LogP contribution in [0.1, 0.15) is 38.1 Å². The number of nitriles is 1. The normalized spacial score (nSPS) is 14.2. The minimum Gasteiger partial charge on any atom is -0.444 e. The lowest BCUT2D eigenvalue weighted by Crippen LogP contribution is -2.44. The number of amides is 1. The van der Waals surface area contributed by atoms with E-state index in [1.807, 2.05) is 33.8 Å². The van der Waals surface area contributed by atoms with Crippen LogP contribution >= 0.6 is 11.3 Å². The fraction of sp³-hybridized carbons (Fsp3) is 0.571. The molecule has 110 valence electrons. The number of nitrogens with one attached hydrogen (secondary N) is 1. The van der Waals surface area contributed by atoms with E-state index in [0.717, 1.165) is 4.88 Å². The van der Waals surface area contributed by atoms with Gasteiger partial charge in [0.2, 0.25) is 0 Å². The van der Waals surface area contributed by atoms with E-state index >= 15 is 0 Å². The van der Waals surface area contributed by atoms with Crippen LogP contribution in [-0.4, -0.2) is 24.8 Å². The van der Waals surface area contributed by atoms with Crippen molar-refractivity contribution in [1.29, 1.82) is 5.26 Å². The van der Waals surface area contributed by atoms with Crippen LogP contribution in [0.25, 0.3) is 0 Å². The topological polar surface area (TPSA) is 88.1 Å². The number of carbonyl (C=O) groups excluding carboxylic acids is 1. The molecule has 1 atom stereocenters. The van der Waals surface area contributed by atoms with Crippen molar-refractivity contribution < 1.29 is 9.53 Å². The minimum atomic E-state index is -0.528. The highest BCUT2D eigenvalue weighted by Crippen LogP contribution is 2.28. The van der Waals surface area contributed by atoms with Gasteiger partial charge in [-0.3, -0.25) is 0 Å². The van der Waals surface area contributed by atoms with Crippen LogP contribution in [0.3, 0.4) is 0 Å². The summed E-state index contributed by atoms with van der Waals surface area (Å²) in [5, 5.41) is 13.4. The Kier molecular flexibility index (Phi) is 5.15. The predicted molar refractivity (Wildman–Crippen MR) is 79.7 cm³/mol. The Bertz CT molecular complexity index is 513. The highest BCUT2D eigenvalue weighted by atomic mass is 32.1. The van der Waals surface area contributed by atoms with Crippen molar-refractivity contribution in [2.45, 2.75) is 38.7 Å². The van der Waals surface area contributed by atoms with Crippen molar-refractivity contribution in [2.24, 2.45) is 5.73 Å². The number of hydrogen-bond donors (Lipinski definition) is 2. The molecule has 1 heterocycles. The number of alkyl carbamates (subject to hydrolysis) is 1. The summed E-state index contributed by atoms with van der Waals surface area (Å²) in [5.41, 5.74) is 5.51. The van der Waals surface area contributed by atoms with Gasteiger partial charge in [0.25, 0.3) is 0 Å². The molecule has 0 spiro atoms. The van der Waals surface area contributed by atoms with E-state index in [-0.39, 0.29) is 0 Å². The number of ether oxygens (including phenoxy) is 1. The Labute approximate surface area is 123 Å². The quantitative estimate of drug-likeness (QED) is 0.892. The molecule has 1 unspecified atom stereocenters. The maximum absolute atomic E-state index is 11.7. The molecule has 0 fully saturated rings. The second kappa shape index (κ2) is 6.25. The van der Waals surface area contributed by atoms with Crippen molar-refractivity contribution >= 4 is 17.4 Å². The SMILES string of the molecule is CC(C)(C)OC(=O)NCC(C)(CN)c1cc(C#N)cs1. The molecule has 0 aliphatic heterocycles. The molecule has 0 aliphatic carbocycles. The Morgan fingerprint density at radius 1 is 1.50 bits per heavy atom. The van der Waals surface area contributed by atoms with Gasteiger partial charge in [-0.05, 0) is 26.8 Å². The van der Waals surface area contributed by atoms with Gasteiger partial charge in [-0.1, -0.05) is 6.92 Å². The molecule has 0 bridgehead atoms. The van der Waals surface area contributed by atoms with Crippen LogP contribution in [0.4, 0.5) is 4.79 Å². The first kappa shape index (κ1) is 16.5. The molecule has 1 aromatic rings. The minimum absolute atomic E-state index is 0.365. The van der Waals surface area contributed by atoms with Gasteiger partial charge in [0, 0.05) is 28.8 Å². The Morgan fingerprint density at radius 2 is 2.15 bits per heavy atom. The zero-order chi connectivity index (χ0) is 15.4. The highest BCUT2D eigenvalue weighted by Gasteiger charge is 2.28. The third-order valence-corrected chi connectivity index (χ3v) is 4.03. The van der Waals surface area contributed by atoms with Crippen molar-refractivity contribution in [3.8, 4) is 6.07 Å². The number of hydrogen-bond acceptors (Lipinski definition) is 5. The molecule has 1 aromatic heterocycles. The van der Waals surface area contributed by atoms with E-state index in [9.17, 15) is 4.79 Å². The van der Waals surface area contributed by atoms with Gasteiger partial charge in [-0.25, -0.2) is 4.79 Å². The highest BCUT2D eigenvalue weighted by molar-refractivity contribution is 7.10. The number of thiophene rings is 1. The summed E-state index contributed by atoms with van der Waals surface area (Å²) < 4.78 is 5.20. The summed E-state index contributed by atoms with van der Waals surface area (Å²) in [7, 11) is 0. The fourth-order valence-corrected chi connectivity index (χ4v) is 2.56. The summed E-state index contributed by atoms with van der Waals surface area (Å²) in [6, 6.07) is 3.91. The van der Waals surface area contributed by atoms with Crippen LogP contribution in [0, 0.1) is 11.3 Å². The standard InChI is InChI=1S/C14H21N3O2S/c1-13(2,3)19-12(18)17-9-14(4,8-16)11-5-10(6-15)7-20-11/h5,7H,8-9,16H2,1-4H3,(H,17,18). The van der Waals surface area contributed by atoms with Crippen molar-refractivity contribution in [3.63, 3.8) is 0 Å². The van der Waals surface area contributed by atoms with E-state index in [1.165, 1.54) is 11.3 Å². The van der Waals surface area contributed by atoms with Crippen LogP contribution in [0.15, 0.2) is 11.4 Å². The largest absolute Gasteiger partial charge is 0.444 e. The van der Waals surface area contributed by atoms with Crippen molar-refractivity contribution in [2.75, 3.05) is 13.1 Å². The molecule has 3 N–H and O–H groups in total. The smallest absolute Gasteiger partial charge is 0.407 e. The summed E-state index contributed by atoms with van der Waals surface area (Å²) in [6.07, 6.45) is -0.464. The lowest BCUT2D eigenvalue weighted by molar-refractivity contribution is 0.0517. The molecular formula is C14H21N3O2S. The molecule has 0 radical (unpaired) electrons. The van der Waals surface area contributed by atoms with Gasteiger partial charge in [-0.2, -0.15) is 5.26 Å². The summed E-state index contributed by atoms with van der Waals surface area (Å²) >= 11 is 1.48. The van der Waals surface area contributed by atoms with Crippen LogP contribution < -0.4 is 11.1 Å². The van der Waals surface area contributed by atoms with Crippen molar-refractivity contribution in [3.05, 3.63) is 21.9 Å². The number of carbonyl (C=O) groups is 1. The monoisotopic (exact) mass is 295 g/mol. The lowest BCUT2D eigenvalue weighted by Gasteiger charge is -2.28. The molecule has 1 amide bonds. The van der Waals surface area contributed by atoms with E-state index in [2.05, 4.69) is 11.4 Å². The van der Waals surface area contributed by atoms with E-state index < -0.39 is 17.1 Å². The average molecular weight is 295 g/mol. The zero-order valence-corrected chi connectivity index (χ0v) is 13.1. The maximum atomic E-state index is 11.7. The molecule has 0 aromatic carbocycles. The molecule has 0 saturated carbocycles.